The molecule has 0 bridgehead atoms. The highest BCUT2D eigenvalue weighted by Crippen LogP contribution is 2.35. The van der Waals surface area contributed by atoms with Crippen LogP contribution in [0.25, 0.3) is 11.1 Å². The number of ether oxygens (including phenoxy) is 1. The average Bonchev–Trinajstić information content (AvgIpc) is 3.60. The molecule has 2 saturated heterocycles. The van der Waals surface area contributed by atoms with Gasteiger partial charge in [0.15, 0.2) is 11.6 Å². The SMILES string of the molecule is Nc1ncc(-c2ccc(C(=O)N3CCC[C@@H]3CN3CCCC3)cc2)cc1OCc1cccc(F)c1C(F)(F)F. The molecule has 0 saturated carbocycles. The van der Waals surface area contributed by atoms with Crippen LogP contribution in [0.2, 0.25) is 0 Å². The lowest BCUT2D eigenvalue weighted by Gasteiger charge is -2.28. The summed E-state index contributed by atoms with van der Waals surface area (Å²) in [5, 5.41) is 0. The largest absolute Gasteiger partial charge is 0.485 e. The number of anilines is 1. The second kappa shape index (κ2) is 11.2. The normalized spacial score (nSPS) is 18.1. The highest BCUT2D eigenvalue weighted by Gasteiger charge is 2.37. The van der Waals surface area contributed by atoms with E-state index in [0.717, 1.165) is 56.7 Å². The lowest BCUT2D eigenvalue weighted by Crippen LogP contribution is -2.42. The molecular weight excluding hydrogens is 512 g/mol. The number of nitrogens with two attached hydrogens (primary N) is 1. The number of hydrogen-bond acceptors (Lipinski definition) is 5. The Morgan fingerprint density at radius 2 is 1.77 bits per heavy atom. The van der Waals surface area contributed by atoms with Gasteiger partial charge in [-0.1, -0.05) is 24.3 Å². The molecular formula is C29H30F4N4O2. The molecule has 3 heterocycles. The number of pyridine rings is 1. The Balaban J connectivity index is 1.29. The minimum atomic E-state index is -4.86. The number of halogens is 4. The molecule has 2 aromatic carbocycles. The van der Waals surface area contributed by atoms with Crippen molar-refractivity contribution in [2.24, 2.45) is 0 Å². The van der Waals surface area contributed by atoms with E-state index < -0.39 is 24.2 Å². The molecule has 0 unspecified atom stereocenters. The lowest BCUT2D eigenvalue weighted by molar-refractivity contribution is -0.141. The van der Waals surface area contributed by atoms with Gasteiger partial charge in [0.1, 0.15) is 12.4 Å². The number of rotatable bonds is 7. The number of likely N-dealkylation sites (tertiary alicyclic amines) is 2. The van der Waals surface area contributed by atoms with Crippen LogP contribution in [-0.4, -0.2) is 52.9 Å². The highest BCUT2D eigenvalue weighted by atomic mass is 19.4. The van der Waals surface area contributed by atoms with Crippen LogP contribution in [0.5, 0.6) is 5.75 Å². The van der Waals surface area contributed by atoms with Crippen molar-refractivity contribution >= 4 is 11.7 Å². The summed E-state index contributed by atoms with van der Waals surface area (Å²) in [5.74, 6) is -1.28. The minimum Gasteiger partial charge on any atom is -0.485 e. The molecule has 0 spiro atoms. The summed E-state index contributed by atoms with van der Waals surface area (Å²) in [4.78, 5) is 21.8. The molecule has 0 radical (unpaired) electrons. The zero-order valence-electron chi connectivity index (χ0n) is 21.4. The number of hydrogen-bond donors (Lipinski definition) is 1. The van der Waals surface area contributed by atoms with Crippen LogP contribution in [0.1, 0.15) is 47.2 Å². The fraction of sp³-hybridized carbons (Fsp3) is 0.379. The molecule has 0 aliphatic carbocycles. The van der Waals surface area contributed by atoms with Gasteiger partial charge >= 0.3 is 6.18 Å². The molecule has 5 rings (SSSR count). The Kier molecular flexibility index (Phi) is 7.74. The van der Waals surface area contributed by atoms with Crippen LogP contribution in [0.3, 0.4) is 0 Å². The van der Waals surface area contributed by atoms with E-state index in [2.05, 4.69) is 9.88 Å². The first kappa shape index (κ1) is 26.9. The van der Waals surface area contributed by atoms with Gasteiger partial charge in [-0.05, 0) is 68.6 Å². The van der Waals surface area contributed by atoms with Crippen molar-refractivity contribution in [2.75, 3.05) is 31.9 Å². The van der Waals surface area contributed by atoms with Crippen molar-refractivity contribution < 1.29 is 27.1 Å². The number of benzene rings is 2. The molecule has 206 valence electrons. The quantitative estimate of drug-likeness (QED) is 0.384. The van der Waals surface area contributed by atoms with E-state index in [4.69, 9.17) is 10.5 Å². The van der Waals surface area contributed by atoms with E-state index in [-0.39, 0.29) is 29.1 Å². The Morgan fingerprint density at radius 1 is 1.03 bits per heavy atom. The molecule has 2 N–H and O–H groups in total. The van der Waals surface area contributed by atoms with Gasteiger partial charge in [-0.25, -0.2) is 9.37 Å². The zero-order chi connectivity index (χ0) is 27.6. The number of alkyl halides is 3. The summed E-state index contributed by atoms with van der Waals surface area (Å²) in [7, 11) is 0. The van der Waals surface area contributed by atoms with Gasteiger partial charge in [0.05, 0.1) is 5.56 Å². The van der Waals surface area contributed by atoms with E-state index in [9.17, 15) is 22.4 Å². The summed E-state index contributed by atoms with van der Waals surface area (Å²) >= 11 is 0. The maximum Gasteiger partial charge on any atom is 0.419 e. The first-order valence-corrected chi connectivity index (χ1v) is 13.1. The third-order valence-electron chi connectivity index (χ3n) is 7.42. The molecule has 1 atom stereocenters. The van der Waals surface area contributed by atoms with E-state index in [0.29, 0.717) is 11.1 Å². The van der Waals surface area contributed by atoms with Crippen molar-refractivity contribution in [3.8, 4) is 16.9 Å². The van der Waals surface area contributed by atoms with Crippen LogP contribution in [0.4, 0.5) is 23.4 Å². The zero-order valence-corrected chi connectivity index (χ0v) is 21.4. The van der Waals surface area contributed by atoms with E-state index >= 15 is 0 Å². The number of aromatic nitrogens is 1. The van der Waals surface area contributed by atoms with Gasteiger partial charge in [0.2, 0.25) is 0 Å². The summed E-state index contributed by atoms with van der Waals surface area (Å²) < 4.78 is 59.5. The Morgan fingerprint density at radius 3 is 2.49 bits per heavy atom. The lowest BCUT2D eigenvalue weighted by atomic mass is 10.0. The molecule has 10 heteroatoms. The number of carbonyl (C=O) groups is 1. The first-order valence-electron chi connectivity index (χ1n) is 13.1. The molecule has 3 aromatic rings. The second-order valence-electron chi connectivity index (χ2n) is 10.0. The summed E-state index contributed by atoms with van der Waals surface area (Å²) in [5.41, 5.74) is 6.13. The van der Waals surface area contributed by atoms with Gasteiger partial charge < -0.3 is 20.3 Å². The van der Waals surface area contributed by atoms with Crippen LogP contribution in [-0.2, 0) is 12.8 Å². The molecule has 2 fully saturated rings. The van der Waals surface area contributed by atoms with Crippen LogP contribution < -0.4 is 10.5 Å². The average molecular weight is 543 g/mol. The fourth-order valence-corrected chi connectivity index (χ4v) is 5.42. The topological polar surface area (TPSA) is 71.7 Å². The summed E-state index contributed by atoms with van der Waals surface area (Å²) in [6.07, 6.45) is 1.11. The van der Waals surface area contributed by atoms with Crippen molar-refractivity contribution in [1.29, 1.82) is 0 Å². The first-order chi connectivity index (χ1) is 18.7. The van der Waals surface area contributed by atoms with Crippen molar-refractivity contribution in [3.05, 3.63) is 77.2 Å². The molecule has 2 aliphatic rings. The van der Waals surface area contributed by atoms with Gasteiger partial charge in [-0.15, -0.1) is 0 Å². The monoisotopic (exact) mass is 542 g/mol. The second-order valence-corrected chi connectivity index (χ2v) is 10.0. The van der Waals surface area contributed by atoms with Crippen molar-refractivity contribution in [3.63, 3.8) is 0 Å². The fourth-order valence-electron chi connectivity index (χ4n) is 5.42. The van der Waals surface area contributed by atoms with Gasteiger partial charge in [0, 0.05) is 42.0 Å². The van der Waals surface area contributed by atoms with Crippen molar-refractivity contribution in [2.45, 2.75) is 44.5 Å². The molecule has 39 heavy (non-hydrogen) atoms. The predicted molar refractivity (Wildman–Crippen MR) is 140 cm³/mol. The van der Waals surface area contributed by atoms with Gasteiger partial charge in [0.25, 0.3) is 5.91 Å². The Hall–Kier alpha value is -3.66. The molecule has 1 aromatic heterocycles. The van der Waals surface area contributed by atoms with Crippen LogP contribution in [0.15, 0.2) is 54.7 Å². The summed E-state index contributed by atoms with van der Waals surface area (Å²) in [6.45, 7) is 3.33. The maximum atomic E-state index is 13.9. The van der Waals surface area contributed by atoms with Crippen LogP contribution >= 0.6 is 0 Å². The van der Waals surface area contributed by atoms with E-state index in [1.165, 1.54) is 25.1 Å². The molecule has 2 aliphatic heterocycles. The van der Waals surface area contributed by atoms with E-state index in [1.807, 2.05) is 4.90 Å². The molecule has 1 amide bonds. The third kappa shape index (κ3) is 6.00. The number of amides is 1. The van der Waals surface area contributed by atoms with Gasteiger partial charge in [-0.2, -0.15) is 13.2 Å². The third-order valence-corrected chi connectivity index (χ3v) is 7.42. The minimum absolute atomic E-state index is 0.00594. The van der Waals surface area contributed by atoms with Crippen LogP contribution in [0, 0.1) is 5.82 Å². The van der Waals surface area contributed by atoms with E-state index in [1.54, 1.807) is 30.3 Å². The summed E-state index contributed by atoms with van der Waals surface area (Å²) in [6, 6.07) is 12.0. The van der Waals surface area contributed by atoms with Gasteiger partial charge in [-0.3, -0.25) is 4.79 Å². The Bertz CT molecular complexity index is 1320. The number of nitrogens with zero attached hydrogens (tertiary/aromatic N) is 3. The smallest absolute Gasteiger partial charge is 0.419 e. The maximum absolute atomic E-state index is 13.9. The number of carbonyl (C=O) groups excluding carboxylic acids is 1. The standard InChI is InChI=1S/C29H30F4N4O2/c30-24-7-3-5-21(26(24)29(31,32)33)18-39-25-15-22(16-35-27(25)34)19-8-10-20(11-9-19)28(38)37-14-4-6-23(37)17-36-12-1-2-13-36/h3,5,7-11,15-16,23H,1-2,4,6,12-14,17-18H2,(H2,34,35)/t23-/m1/s1. The van der Waals surface area contributed by atoms with Crippen molar-refractivity contribution in [1.82, 2.24) is 14.8 Å². The predicted octanol–water partition coefficient (Wildman–Crippen LogP) is 5.77. The highest BCUT2D eigenvalue weighted by molar-refractivity contribution is 5.95. The molecule has 6 nitrogen and oxygen atoms in total. The number of nitrogen functional groups attached to an aromatic ring is 1. The Labute approximate surface area is 224 Å².